The molecule has 1 aromatic carbocycles. The van der Waals surface area contributed by atoms with E-state index in [-0.39, 0.29) is 0 Å². The molecule has 0 saturated carbocycles. The van der Waals surface area contributed by atoms with Crippen molar-refractivity contribution in [2.24, 2.45) is 0 Å². The minimum absolute atomic E-state index is 0.456. The van der Waals surface area contributed by atoms with E-state index in [1.165, 1.54) is 0 Å². The van der Waals surface area contributed by atoms with E-state index < -0.39 is 16.1 Å². The highest BCUT2D eigenvalue weighted by atomic mass is 32.2. The maximum atomic E-state index is 11.4. The third kappa shape index (κ3) is 3.38. The summed E-state index contributed by atoms with van der Waals surface area (Å²) < 4.78 is 25.5. The van der Waals surface area contributed by atoms with Crippen molar-refractivity contribution < 1.29 is 8.42 Å². The molecule has 0 aliphatic rings. The number of hydrogen-bond donors (Lipinski definition) is 1. The van der Waals surface area contributed by atoms with Gasteiger partial charge in [-0.2, -0.15) is 0 Å². The zero-order valence-electron chi connectivity index (χ0n) is 9.95. The van der Waals surface area contributed by atoms with Gasteiger partial charge in [0.15, 0.2) is 0 Å². The highest BCUT2D eigenvalue weighted by Gasteiger charge is 2.18. The molecule has 1 N–H and O–H groups in total. The van der Waals surface area contributed by atoms with Crippen LogP contribution < -0.4 is 4.72 Å². The Bertz CT molecular complexity index is 558. The molecular weight excluding hydrogens is 248 g/mol. The zero-order valence-corrected chi connectivity index (χ0v) is 10.8. The Morgan fingerprint density at radius 3 is 2.28 bits per heavy atom. The summed E-state index contributed by atoms with van der Waals surface area (Å²) in [5.74, 6) is 0. The molecule has 2 rings (SSSR count). The van der Waals surface area contributed by atoms with E-state index in [1.807, 2.05) is 36.4 Å². The molecule has 1 heterocycles. The van der Waals surface area contributed by atoms with E-state index in [1.54, 1.807) is 18.3 Å². The molecule has 1 atom stereocenters. The summed E-state index contributed by atoms with van der Waals surface area (Å²) in [6.07, 6.45) is 2.79. The number of sulfonamides is 1. The molecule has 2 aromatic rings. The zero-order chi connectivity index (χ0) is 13.0. The first-order valence-corrected chi connectivity index (χ1v) is 7.38. The Labute approximate surface area is 107 Å². The first-order chi connectivity index (χ1) is 8.56. The fraction of sp³-hybridized carbons (Fsp3) is 0.154. The van der Waals surface area contributed by atoms with Crippen LogP contribution in [0.5, 0.6) is 0 Å². The summed E-state index contributed by atoms with van der Waals surface area (Å²) in [7, 11) is -3.31. The second-order valence-electron chi connectivity index (χ2n) is 3.99. The number of nitrogens with one attached hydrogen (secondary N) is 1. The minimum atomic E-state index is -3.31. The average Bonchev–Trinajstić information content (AvgIpc) is 2.37. The van der Waals surface area contributed by atoms with Crippen LogP contribution in [-0.4, -0.2) is 19.7 Å². The van der Waals surface area contributed by atoms with Crippen molar-refractivity contribution in [3.8, 4) is 0 Å². The summed E-state index contributed by atoms with van der Waals surface area (Å²) in [4.78, 5) is 4.21. The Morgan fingerprint density at radius 2 is 1.72 bits per heavy atom. The van der Waals surface area contributed by atoms with Crippen molar-refractivity contribution >= 4 is 10.0 Å². The van der Waals surface area contributed by atoms with Gasteiger partial charge in [-0.05, 0) is 17.7 Å². The predicted molar refractivity (Wildman–Crippen MR) is 70.5 cm³/mol. The molecule has 0 bridgehead atoms. The van der Waals surface area contributed by atoms with Crippen molar-refractivity contribution in [3.05, 3.63) is 66.0 Å². The van der Waals surface area contributed by atoms with E-state index in [0.29, 0.717) is 5.69 Å². The van der Waals surface area contributed by atoms with Gasteiger partial charge in [0.25, 0.3) is 0 Å². The van der Waals surface area contributed by atoms with Gasteiger partial charge in [0.05, 0.1) is 18.0 Å². The minimum Gasteiger partial charge on any atom is -0.259 e. The van der Waals surface area contributed by atoms with E-state index in [2.05, 4.69) is 9.71 Å². The van der Waals surface area contributed by atoms with Gasteiger partial charge in [-0.15, -0.1) is 0 Å². The van der Waals surface area contributed by atoms with Gasteiger partial charge in [-0.1, -0.05) is 36.4 Å². The summed E-state index contributed by atoms with van der Waals surface area (Å²) in [5, 5.41) is 0. The van der Waals surface area contributed by atoms with E-state index >= 15 is 0 Å². The highest BCUT2D eigenvalue weighted by Crippen LogP contribution is 2.20. The van der Waals surface area contributed by atoms with Crippen LogP contribution in [0.25, 0.3) is 0 Å². The van der Waals surface area contributed by atoms with Gasteiger partial charge in [0.2, 0.25) is 10.0 Å². The highest BCUT2D eigenvalue weighted by molar-refractivity contribution is 7.88. The molecule has 0 aliphatic carbocycles. The molecule has 5 heteroatoms. The van der Waals surface area contributed by atoms with Crippen molar-refractivity contribution in [1.82, 2.24) is 9.71 Å². The molecule has 18 heavy (non-hydrogen) atoms. The summed E-state index contributed by atoms with van der Waals surface area (Å²) in [6.45, 7) is 0. The smallest absolute Gasteiger partial charge is 0.209 e. The fourth-order valence-electron chi connectivity index (χ4n) is 1.71. The molecule has 0 amide bonds. The van der Waals surface area contributed by atoms with Gasteiger partial charge in [0.1, 0.15) is 0 Å². The molecule has 0 radical (unpaired) electrons. The summed E-state index contributed by atoms with van der Waals surface area (Å²) in [5.41, 5.74) is 1.54. The van der Waals surface area contributed by atoms with Gasteiger partial charge >= 0.3 is 0 Å². The normalized spacial score (nSPS) is 13.2. The maximum Gasteiger partial charge on any atom is 0.209 e. The van der Waals surface area contributed by atoms with Gasteiger partial charge < -0.3 is 0 Å². The van der Waals surface area contributed by atoms with E-state index in [0.717, 1.165) is 11.8 Å². The van der Waals surface area contributed by atoms with Gasteiger partial charge in [-0.3, -0.25) is 4.98 Å². The molecule has 0 spiro atoms. The van der Waals surface area contributed by atoms with E-state index in [4.69, 9.17) is 0 Å². The number of hydrogen-bond acceptors (Lipinski definition) is 3. The Kier molecular flexibility index (Phi) is 3.74. The number of benzene rings is 1. The van der Waals surface area contributed by atoms with Gasteiger partial charge in [-0.25, -0.2) is 13.1 Å². The molecule has 0 fully saturated rings. The van der Waals surface area contributed by atoms with Crippen LogP contribution in [0.3, 0.4) is 0 Å². The van der Waals surface area contributed by atoms with Crippen LogP contribution in [0.15, 0.2) is 54.7 Å². The second kappa shape index (κ2) is 5.29. The fourth-order valence-corrected chi connectivity index (χ4v) is 2.39. The van der Waals surface area contributed by atoms with Crippen molar-refractivity contribution in [2.45, 2.75) is 6.04 Å². The lowest BCUT2D eigenvalue weighted by Gasteiger charge is -2.17. The molecule has 0 aliphatic heterocycles. The van der Waals surface area contributed by atoms with Crippen LogP contribution >= 0.6 is 0 Å². The molecule has 0 saturated heterocycles. The lowest BCUT2D eigenvalue weighted by molar-refractivity contribution is 0.576. The van der Waals surface area contributed by atoms with Gasteiger partial charge in [0, 0.05) is 6.20 Å². The molecule has 4 nitrogen and oxygen atoms in total. The third-order valence-corrected chi connectivity index (χ3v) is 3.11. The predicted octanol–water partition coefficient (Wildman–Crippen LogP) is 1.72. The average molecular weight is 262 g/mol. The number of nitrogens with zero attached hydrogens (tertiary/aromatic N) is 1. The third-order valence-electron chi connectivity index (χ3n) is 2.45. The van der Waals surface area contributed by atoms with E-state index in [9.17, 15) is 8.42 Å². The van der Waals surface area contributed by atoms with Crippen LogP contribution in [-0.2, 0) is 10.0 Å². The van der Waals surface area contributed by atoms with Crippen LogP contribution in [0.2, 0.25) is 0 Å². The van der Waals surface area contributed by atoms with Crippen LogP contribution in [0, 0.1) is 0 Å². The Balaban J connectivity index is 2.42. The molecule has 94 valence electrons. The topological polar surface area (TPSA) is 59.1 Å². The standard InChI is InChI=1S/C13H14N2O2S/c1-18(16,17)15-13(11-7-3-2-4-8-11)12-9-5-6-10-14-12/h2-10,13,15H,1H3. The Hall–Kier alpha value is -1.72. The van der Waals surface area contributed by atoms with Crippen molar-refractivity contribution in [1.29, 1.82) is 0 Å². The summed E-state index contributed by atoms with van der Waals surface area (Å²) >= 11 is 0. The van der Waals surface area contributed by atoms with Crippen molar-refractivity contribution in [2.75, 3.05) is 6.26 Å². The van der Waals surface area contributed by atoms with Crippen LogP contribution in [0.1, 0.15) is 17.3 Å². The molecule has 1 unspecified atom stereocenters. The lowest BCUT2D eigenvalue weighted by Crippen LogP contribution is -2.28. The monoisotopic (exact) mass is 262 g/mol. The number of rotatable bonds is 4. The first kappa shape index (κ1) is 12.7. The maximum absolute atomic E-state index is 11.4. The second-order valence-corrected chi connectivity index (χ2v) is 5.77. The lowest BCUT2D eigenvalue weighted by atomic mass is 10.0. The SMILES string of the molecule is CS(=O)(=O)NC(c1ccccc1)c1ccccn1. The number of pyridine rings is 1. The number of aromatic nitrogens is 1. The van der Waals surface area contributed by atoms with Crippen molar-refractivity contribution in [3.63, 3.8) is 0 Å². The van der Waals surface area contributed by atoms with Crippen LogP contribution in [0.4, 0.5) is 0 Å². The summed E-state index contributed by atoms with van der Waals surface area (Å²) in [6, 6.07) is 14.4. The largest absolute Gasteiger partial charge is 0.259 e. The molecule has 1 aromatic heterocycles. The Morgan fingerprint density at radius 1 is 1.06 bits per heavy atom. The first-order valence-electron chi connectivity index (χ1n) is 5.49. The quantitative estimate of drug-likeness (QED) is 0.912. The molecular formula is C13H14N2O2S.